The Bertz CT molecular complexity index is 786. The molecule has 0 aliphatic carbocycles. The molecule has 0 aliphatic heterocycles. The van der Waals surface area contributed by atoms with Crippen molar-refractivity contribution in [1.29, 1.82) is 0 Å². The highest BCUT2D eigenvalue weighted by Gasteiger charge is 2.03. The van der Waals surface area contributed by atoms with Gasteiger partial charge in [0.1, 0.15) is 10.7 Å². The summed E-state index contributed by atoms with van der Waals surface area (Å²) in [5.41, 5.74) is 2.05. The molecule has 6 nitrogen and oxygen atoms in total. The lowest BCUT2D eigenvalue weighted by molar-refractivity contribution is 0.791. The molecular weight excluding hydrogens is 320 g/mol. The number of aromatic nitrogens is 3. The second-order valence-electron chi connectivity index (χ2n) is 5.43. The minimum absolute atomic E-state index is 0.599. The third-order valence-electron chi connectivity index (χ3n) is 3.47. The molecule has 0 bridgehead atoms. The van der Waals surface area contributed by atoms with Gasteiger partial charge in [-0.15, -0.1) is 11.3 Å². The number of rotatable bonds is 6. The molecule has 0 aliphatic rings. The summed E-state index contributed by atoms with van der Waals surface area (Å²) in [6.45, 7) is 6.34. The Balaban J connectivity index is 1.55. The van der Waals surface area contributed by atoms with E-state index in [1.165, 1.54) is 4.88 Å². The fraction of sp³-hybridized carbons (Fsp3) is 0.353. The molecule has 0 fully saturated rings. The lowest BCUT2D eigenvalue weighted by Crippen LogP contribution is -2.38. The number of imidazole rings is 1. The molecule has 24 heavy (non-hydrogen) atoms. The predicted molar refractivity (Wildman–Crippen MR) is 98.6 cm³/mol. The zero-order valence-corrected chi connectivity index (χ0v) is 14.8. The maximum absolute atomic E-state index is 4.61. The number of hydrogen-bond donors (Lipinski definition) is 2. The van der Waals surface area contributed by atoms with Crippen LogP contribution in [0.4, 0.5) is 0 Å². The summed E-state index contributed by atoms with van der Waals surface area (Å²) in [6.07, 6.45) is 6.82. The van der Waals surface area contributed by atoms with Crippen molar-refractivity contribution in [3.63, 3.8) is 0 Å². The fourth-order valence-corrected chi connectivity index (χ4v) is 3.09. The van der Waals surface area contributed by atoms with Crippen LogP contribution in [0.25, 0.3) is 5.65 Å². The maximum atomic E-state index is 4.61. The number of thiazole rings is 1. The van der Waals surface area contributed by atoms with Gasteiger partial charge in [0.05, 0.1) is 12.2 Å². The first-order valence-corrected chi connectivity index (χ1v) is 8.92. The Hall–Kier alpha value is -2.41. The van der Waals surface area contributed by atoms with E-state index in [1.54, 1.807) is 11.3 Å². The highest BCUT2D eigenvalue weighted by Crippen LogP contribution is 2.11. The molecular formula is C17H22N6S. The summed E-state index contributed by atoms with van der Waals surface area (Å²) in [5.74, 6) is 0.814. The average molecular weight is 342 g/mol. The van der Waals surface area contributed by atoms with E-state index >= 15 is 0 Å². The standard InChI is InChI=1S/C17H22N6S/c1-3-18-17(21-11-16-20-10-13(2)24-16)19-8-7-14-12-23-9-5-4-6-15(23)22-14/h4-6,9-10,12H,3,7-8,11H2,1-2H3,(H2,18,19,21). The van der Waals surface area contributed by atoms with Gasteiger partial charge in [0.2, 0.25) is 0 Å². The summed E-state index contributed by atoms with van der Waals surface area (Å²) >= 11 is 1.68. The van der Waals surface area contributed by atoms with Gasteiger partial charge in [-0.3, -0.25) is 0 Å². The molecule has 0 aromatic carbocycles. The van der Waals surface area contributed by atoms with Gasteiger partial charge >= 0.3 is 0 Å². The summed E-state index contributed by atoms with van der Waals surface area (Å²) in [6, 6.07) is 6.02. The van der Waals surface area contributed by atoms with Crippen LogP contribution in [0.2, 0.25) is 0 Å². The Labute approximate surface area is 145 Å². The Kier molecular flexibility index (Phi) is 5.43. The maximum Gasteiger partial charge on any atom is 0.191 e. The van der Waals surface area contributed by atoms with Crippen molar-refractivity contribution in [2.24, 2.45) is 4.99 Å². The van der Waals surface area contributed by atoms with Crippen molar-refractivity contribution in [3.8, 4) is 0 Å². The lowest BCUT2D eigenvalue weighted by Gasteiger charge is -2.10. The van der Waals surface area contributed by atoms with E-state index in [1.807, 2.05) is 35.0 Å². The van der Waals surface area contributed by atoms with Crippen molar-refractivity contribution < 1.29 is 0 Å². The van der Waals surface area contributed by atoms with E-state index in [2.05, 4.69) is 45.6 Å². The highest BCUT2D eigenvalue weighted by molar-refractivity contribution is 7.11. The molecule has 0 saturated carbocycles. The highest BCUT2D eigenvalue weighted by atomic mass is 32.1. The zero-order chi connectivity index (χ0) is 16.8. The zero-order valence-electron chi connectivity index (χ0n) is 14.0. The topological polar surface area (TPSA) is 66.6 Å². The number of hydrogen-bond acceptors (Lipinski definition) is 4. The van der Waals surface area contributed by atoms with E-state index in [-0.39, 0.29) is 0 Å². The number of nitrogens with one attached hydrogen (secondary N) is 2. The van der Waals surface area contributed by atoms with Crippen LogP contribution < -0.4 is 10.6 Å². The quantitative estimate of drug-likeness (QED) is 0.533. The average Bonchev–Trinajstić information content (AvgIpc) is 3.18. The largest absolute Gasteiger partial charge is 0.357 e. The van der Waals surface area contributed by atoms with Crippen LogP contribution in [0.1, 0.15) is 22.5 Å². The smallest absolute Gasteiger partial charge is 0.191 e. The van der Waals surface area contributed by atoms with Gasteiger partial charge in [-0.05, 0) is 26.0 Å². The van der Waals surface area contributed by atoms with Crippen LogP contribution in [0.3, 0.4) is 0 Å². The van der Waals surface area contributed by atoms with Crippen LogP contribution in [-0.4, -0.2) is 33.4 Å². The monoisotopic (exact) mass is 342 g/mol. The van der Waals surface area contributed by atoms with Gasteiger partial charge in [-0.2, -0.15) is 0 Å². The second kappa shape index (κ2) is 7.92. The van der Waals surface area contributed by atoms with Gasteiger partial charge in [-0.1, -0.05) is 6.07 Å². The number of guanidine groups is 1. The SMILES string of the molecule is CCNC(=NCc1ncc(C)s1)NCCc1cn2ccccc2n1. The lowest BCUT2D eigenvalue weighted by atomic mass is 10.3. The van der Waals surface area contributed by atoms with E-state index in [4.69, 9.17) is 0 Å². The minimum Gasteiger partial charge on any atom is -0.357 e. The van der Waals surface area contributed by atoms with Crippen molar-refractivity contribution in [2.75, 3.05) is 13.1 Å². The number of aliphatic imine (C=N–C) groups is 1. The van der Waals surface area contributed by atoms with Crippen molar-refractivity contribution in [3.05, 3.63) is 52.4 Å². The third kappa shape index (κ3) is 4.32. The van der Waals surface area contributed by atoms with E-state index in [0.29, 0.717) is 6.54 Å². The van der Waals surface area contributed by atoms with Crippen LogP contribution in [0.15, 0.2) is 41.8 Å². The molecule has 3 aromatic rings. The van der Waals surface area contributed by atoms with Gasteiger partial charge in [0.15, 0.2) is 5.96 Å². The van der Waals surface area contributed by atoms with Gasteiger partial charge < -0.3 is 15.0 Å². The van der Waals surface area contributed by atoms with Crippen molar-refractivity contribution in [2.45, 2.75) is 26.8 Å². The Morgan fingerprint density at radius 1 is 1.33 bits per heavy atom. The van der Waals surface area contributed by atoms with Crippen LogP contribution in [0.5, 0.6) is 0 Å². The normalized spacial score (nSPS) is 11.8. The van der Waals surface area contributed by atoms with E-state index in [9.17, 15) is 0 Å². The second-order valence-corrected chi connectivity index (χ2v) is 6.75. The van der Waals surface area contributed by atoms with Crippen molar-refractivity contribution in [1.82, 2.24) is 25.0 Å². The third-order valence-corrected chi connectivity index (χ3v) is 4.37. The summed E-state index contributed by atoms with van der Waals surface area (Å²) in [7, 11) is 0. The molecule has 2 N–H and O–H groups in total. The number of fused-ring (bicyclic) bond motifs is 1. The van der Waals surface area contributed by atoms with Crippen LogP contribution >= 0.6 is 11.3 Å². The number of nitrogens with zero attached hydrogens (tertiary/aromatic N) is 4. The summed E-state index contributed by atoms with van der Waals surface area (Å²) < 4.78 is 2.04. The van der Waals surface area contributed by atoms with Crippen LogP contribution in [-0.2, 0) is 13.0 Å². The first kappa shape index (κ1) is 16.4. The molecule has 126 valence electrons. The van der Waals surface area contributed by atoms with Gasteiger partial charge in [-0.25, -0.2) is 15.0 Å². The summed E-state index contributed by atoms with van der Waals surface area (Å²) in [5, 5.41) is 7.65. The molecule has 7 heteroatoms. The Morgan fingerprint density at radius 3 is 3.00 bits per heavy atom. The molecule has 3 rings (SSSR count). The van der Waals surface area contributed by atoms with Gasteiger partial charge in [0, 0.05) is 43.0 Å². The fourth-order valence-electron chi connectivity index (χ4n) is 2.38. The molecule has 0 saturated heterocycles. The molecule has 0 unspecified atom stereocenters. The first-order chi connectivity index (χ1) is 11.7. The first-order valence-electron chi connectivity index (χ1n) is 8.10. The molecule has 0 radical (unpaired) electrons. The molecule has 0 spiro atoms. The number of aryl methyl sites for hydroxylation is 1. The summed E-state index contributed by atoms with van der Waals surface area (Å²) in [4.78, 5) is 14.8. The van der Waals surface area contributed by atoms with E-state index in [0.717, 1.165) is 41.8 Å². The number of pyridine rings is 1. The van der Waals surface area contributed by atoms with Crippen LogP contribution in [0, 0.1) is 6.92 Å². The van der Waals surface area contributed by atoms with E-state index < -0.39 is 0 Å². The Morgan fingerprint density at radius 2 is 2.25 bits per heavy atom. The molecule has 0 atom stereocenters. The van der Waals surface area contributed by atoms with Gasteiger partial charge in [0.25, 0.3) is 0 Å². The predicted octanol–water partition coefficient (Wildman–Crippen LogP) is 2.40. The minimum atomic E-state index is 0.599. The molecule has 0 amide bonds. The molecule has 3 heterocycles. The molecule has 3 aromatic heterocycles. The van der Waals surface area contributed by atoms with Crippen molar-refractivity contribution >= 4 is 22.9 Å².